The van der Waals surface area contributed by atoms with Crippen molar-refractivity contribution in [2.45, 2.75) is 19.9 Å². The molecule has 3 N–H and O–H groups in total. The van der Waals surface area contributed by atoms with Crippen LogP contribution in [0, 0.1) is 0 Å². The largest absolute Gasteiger partial charge is 0.494 e. The van der Waals surface area contributed by atoms with Crippen LogP contribution in [0.15, 0.2) is 24.3 Å². The average molecular weight is 266 g/mol. The quantitative estimate of drug-likeness (QED) is 0.695. The summed E-state index contributed by atoms with van der Waals surface area (Å²) in [6.45, 7) is 2.97. The summed E-state index contributed by atoms with van der Waals surface area (Å²) in [6, 6.07) is 7.04. The van der Waals surface area contributed by atoms with E-state index in [9.17, 15) is 9.59 Å². The summed E-state index contributed by atoms with van der Waals surface area (Å²) in [4.78, 5) is 21.6. The number of carboxylic acids is 1. The van der Waals surface area contributed by atoms with Gasteiger partial charge in [-0.05, 0) is 24.6 Å². The third-order valence-electron chi connectivity index (χ3n) is 2.29. The molecule has 0 aliphatic heterocycles. The Hall–Kier alpha value is -2.24. The van der Waals surface area contributed by atoms with Gasteiger partial charge in [0.1, 0.15) is 5.75 Å². The zero-order chi connectivity index (χ0) is 14.1. The number of ether oxygens (including phenoxy) is 1. The highest BCUT2D eigenvalue weighted by Gasteiger charge is 2.02. The van der Waals surface area contributed by atoms with Crippen LogP contribution in [-0.2, 0) is 11.3 Å². The maximum atomic E-state index is 11.4. The summed E-state index contributed by atoms with van der Waals surface area (Å²) in [5, 5.41) is 13.5. The molecule has 2 amide bonds. The van der Waals surface area contributed by atoms with Gasteiger partial charge in [-0.1, -0.05) is 12.1 Å². The number of hydrogen-bond donors (Lipinski definition) is 3. The van der Waals surface area contributed by atoms with Crippen LogP contribution in [0.2, 0.25) is 0 Å². The van der Waals surface area contributed by atoms with Crippen LogP contribution in [-0.4, -0.2) is 30.3 Å². The van der Waals surface area contributed by atoms with E-state index in [1.54, 1.807) is 0 Å². The smallest absolute Gasteiger partial charge is 0.315 e. The van der Waals surface area contributed by atoms with Crippen molar-refractivity contribution < 1.29 is 19.4 Å². The number of carboxylic acid groups (broad SMARTS) is 1. The van der Waals surface area contributed by atoms with Crippen LogP contribution >= 0.6 is 0 Å². The second kappa shape index (κ2) is 7.97. The molecule has 0 aliphatic rings. The van der Waals surface area contributed by atoms with Crippen molar-refractivity contribution in [3.05, 3.63) is 29.8 Å². The van der Waals surface area contributed by atoms with Gasteiger partial charge in [0.05, 0.1) is 13.0 Å². The normalized spacial score (nSPS) is 9.74. The maximum Gasteiger partial charge on any atom is 0.315 e. The Balaban J connectivity index is 2.33. The number of hydrogen-bond acceptors (Lipinski definition) is 3. The molecule has 1 aromatic carbocycles. The molecule has 1 aromatic rings. The van der Waals surface area contributed by atoms with Crippen LogP contribution in [0.5, 0.6) is 5.75 Å². The predicted molar refractivity (Wildman–Crippen MR) is 70.1 cm³/mol. The molecule has 1 rings (SSSR count). The van der Waals surface area contributed by atoms with E-state index in [-0.39, 0.29) is 19.0 Å². The molecule has 6 heteroatoms. The van der Waals surface area contributed by atoms with Crippen LogP contribution in [0.3, 0.4) is 0 Å². The summed E-state index contributed by atoms with van der Waals surface area (Å²) in [7, 11) is 0. The van der Waals surface area contributed by atoms with Crippen LogP contribution in [0.4, 0.5) is 4.79 Å². The van der Waals surface area contributed by atoms with E-state index in [4.69, 9.17) is 9.84 Å². The molecule has 0 radical (unpaired) electrons. The summed E-state index contributed by atoms with van der Waals surface area (Å²) < 4.78 is 5.35. The highest BCUT2D eigenvalue weighted by atomic mass is 16.5. The van der Waals surface area contributed by atoms with Gasteiger partial charge >= 0.3 is 12.0 Å². The highest BCUT2D eigenvalue weighted by Crippen LogP contribution is 2.12. The number of carbonyl (C=O) groups excluding carboxylic acids is 1. The Kier molecular flexibility index (Phi) is 6.21. The molecule has 6 nitrogen and oxygen atoms in total. The lowest BCUT2D eigenvalue weighted by molar-refractivity contribution is -0.136. The summed E-state index contributed by atoms with van der Waals surface area (Å²) in [6.07, 6.45) is -0.0900. The summed E-state index contributed by atoms with van der Waals surface area (Å²) >= 11 is 0. The fourth-order valence-electron chi connectivity index (χ4n) is 1.44. The van der Waals surface area contributed by atoms with Crippen molar-refractivity contribution in [2.24, 2.45) is 0 Å². The van der Waals surface area contributed by atoms with Gasteiger partial charge in [0.25, 0.3) is 0 Å². The standard InChI is InChI=1S/C13H18N2O4/c1-2-19-11-5-3-4-10(8-11)9-15-13(18)14-7-6-12(16)17/h3-5,8H,2,6-7,9H2,1H3,(H,16,17)(H2,14,15,18). The number of aliphatic carboxylic acids is 1. The summed E-state index contributed by atoms with van der Waals surface area (Å²) in [5.41, 5.74) is 0.916. The number of nitrogens with one attached hydrogen (secondary N) is 2. The lowest BCUT2D eigenvalue weighted by atomic mass is 10.2. The molecule has 0 fully saturated rings. The van der Waals surface area contributed by atoms with Crippen molar-refractivity contribution in [1.82, 2.24) is 10.6 Å². The third-order valence-corrected chi connectivity index (χ3v) is 2.29. The topological polar surface area (TPSA) is 87.7 Å². The molecule has 0 spiro atoms. The Morgan fingerprint density at radius 1 is 1.32 bits per heavy atom. The van der Waals surface area contributed by atoms with Crippen LogP contribution < -0.4 is 15.4 Å². The van der Waals surface area contributed by atoms with Gasteiger partial charge in [-0.3, -0.25) is 4.79 Å². The Morgan fingerprint density at radius 2 is 2.11 bits per heavy atom. The van der Waals surface area contributed by atoms with Gasteiger partial charge in [0.15, 0.2) is 0 Å². The Bertz CT molecular complexity index is 434. The van der Waals surface area contributed by atoms with E-state index < -0.39 is 5.97 Å². The second-order valence-corrected chi connectivity index (χ2v) is 3.83. The monoisotopic (exact) mass is 266 g/mol. The number of carbonyl (C=O) groups is 2. The van der Waals surface area contributed by atoms with Gasteiger partial charge in [0, 0.05) is 13.1 Å². The van der Waals surface area contributed by atoms with Crippen molar-refractivity contribution in [2.75, 3.05) is 13.2 Å². The zero-order valence-corrected chi connectivity index (χ0v) is 10.8. The van der Waals surface area contributed by atoms with E-state index in [0.717, 1.165) is 11.3 Å². The fraction of sp³-hybridized carbons (Fsp3) is 0.385. The first-order chi connectivity index (χ1) is 9.11. The molecule has 0 aliphatic carbocycles. The molecule has 0 unspecified atom stereocenters. The minimum atomic E-state index is -0.940. The first-order valence-corrected chi connectivity index (χ1v) is 6.07. The summed E-state index contributed by atoms with van der Waals surface area (Å²) in [5.74, 6) is -0.183. The van der Waals surface area contributed by atoms with Crippen molar-refractivity contribution in [1.29, 1.82) is 0 Å². The van der Waals surface area contributed by atoms with Gasteiger partial charge in [-0.25, -0.2) is 4.79 Å². The van der Waals surface area contributed by atoms with Crippen molar-refractivity contribution >= 4 is 12.0 Å². The number of rotatable bonds is 7. The highest BCUT2D eigenvalue weighted by molar-refractivity contribution is 5.74. The minimum absolute atomic E-state index is 0.0900. The fourth-order valence-corrected chi connectivity index (χ4v) is 1.44. The molecule has 0 heterocycles. The lowest BCUT2D eigenvalue weighted by Gasteiger charge is -2.08. The molecular weight excluding hydrogens is 248 g/mol. The average Bonchev–Trinajstić information content (AvgIpc) is 2.37. The molecule has 0 saturated heterocycles. The van der Waals surface area contributed by atoms with Gasteiger partial charge < -0.3 is 20.5 Å². The van der Waals surface area contributed by atoms with E-state index in [1.165, 1.54) is 0 Å². The number of amides is 2. The molecule has 0 bridgehead atoms. The first kappa shape index (κ1) is 14.8. The van der Waals surface area contributed by atoms with Gasteiger partial charge in [-0.2, -0.15) is 0 Å². The first-order valence-electron chi connectivity index (χ1n) is 6.07. The number of benzene rings is 1. The van der Waals surface area contributed by atoms with Gasteiger partial charge in [-0.15, -0.1) is 0 Å². The molecule has 19 heavy (non-hydrogen) atoms. The third kappa shape index (κ3) is 6.30. The van der Waals surface area contributed by atoms with E-state index in [0.29, 0.717) is 13.2 Å². The SMILES string of the molecule is CCOc1cccc(CNC(=O)NCCC(=O)O)c1. The van der Waals surface area contributed by atoms with Crippen LogP contribution in [0.1, 0.15) is 18.9 Å². The molecular formula is C13H18N2O4. The van der Waals surface area contributed by atoms with E-state index in [2.05, 4.69) is 10.6 Å². The molecule has 0 atom stereocenters. The Labute approximate surface area is 111 Å². The second-order valence-electron chi connectivity index (χ2n) is 3.83. The zero-order valence-electron chi connectivity index (χ0n) is 10.8. The number of urea groups is 1. The van der Waals surface area contributed by atoms with Gasteiger partial charge in [0.2, 0.25) is 0 Å². The molecule has 104 valence electrons. The molecule has 0 aromatic heterocycles. The van der Waals surface area contributed by atoms with E-state index >= 15 is 0 Å². The van der Waals surface area contributed by atoms with Crippen LogP contribution in [0.25, 0.3) is 0 Å². The van der Waals surface area contributed by atoms with E-state index in [1.807, 2.05) is 31.2 Å². The predicted octanol–water partition coefficient (Wildman–Crippen LogP) is 1.36. The van der Waals surface area contributed by atoms with Crippen molar-refractivity contribution in [3.63, 3.8) is 0 Å². The lowest BCUT2D eigenvalue weighted by Crippen LogP contribution is -2.36. The minimum Gasteiger partial charge on any atom is -0.494 e. The van der Waals surface area contributed by atoms with Crippen molar-refractivity contribution in [3.8, 4) is 5.75 Å². The molecule has 0 saturated carbocycles. The maximum absolute atomic E-state index is 11.4. The Morgan fingerprint density at radius 3 is 2.79 bits per heavy atom.